The van der Waals surface area contributed by atoms with Crippen molar-refractivity contribution in [3.05, 3.63) is 23.5 Å². The van der Waals surface area contributed by atoms with E-state index in [-0.39, 0.29) is 29.4 Å². The smallest absolute Gasteiger partial charge is 0.167 e. The van der Waals surface area contributed by atoms with Crippen molar-refractivity contribution in [2.24, 2.45) is 0 Å². The third kappa shape index (κ3) is 2.64. The molecule has 0 unspecified atom stereocenters. The van der Waals surface area contributed by atoms with Crippen LogP contribution in [0.2, 0.25) is 0 Å². The van der Waals surface area contributed by atoms with Crippen molar-refractivity contribution in [3.8, 4) is 11.5 Å². The monoisotopic (exact) mass is 246 g/mol. The van der Waals surface area contributed by atoms with Gasteiger partial charge >= 0.3 is 0 Å². The van der Waals surface area contributed by atoms with Crippen LogP contribution in [0.15, 0.2) is 12.1 Å². The fraction of sp³-hybridized carbons (Fsp3) is 0.364. The normalized spacial score (nSPS) is 10.0. The molecule has 0 heterocycles. The first kappa shape index (κ1) is 12.8. The number of ketones is 1. The van der Waals surface area contributed by atoms with E-state index in [2.05, 4.69) is 0 Å². The van der Waals surface area contributed by atoms with Crippen LogP contribution in [0.3, 0.4) is 0 Å². The largest absolute Gasteiger partial charge is 0.493 e. The molecule has 0 amide bonds. The number of rotatable bonds is 5. The second kappa shape index (κ2) is 5.70. The summed E-state index contributed by atoms with van der Waals surface area (Å²) in [5, 5.41) is 0. The summed E-state index contributed by atoms with van der Waals surface area (Å²) in [4.78, 5) is 11.5. The van der Waals surface area contributed by atoms with Crippen molar-refractivity contribution in [3.63, 3.8) is 0 Å². The molecule has 1 aromatic carbocycles. The van der Waals surface area contributed by atoms with Crippen molar-refractivity contribution < 1.29 is 18.7 Å². The van der Waals surface area contributed by atoms with E-state index in [1.807, 2.05) is 0 Å². The average Bonchev–Trinajstić information content (AvgIpc) is 2.28. The van der Waals surface area contributed by atoms with Crippen molar-refractivity contribution in [1.82, 2.24) is 0 Å². The molecule has 0 aliphatic heterocycles. The Morgan fingerprint density at radius 3 is 2.38 bits per heavy atom. The van der Waals surface area contributed by atoms with Gasteiger partial charge < -0.3 is 9.47 Å². The molecule has 0 spiro atoms. The number of ether oxygens (including phenoxy) is 2. The number of carbonyl (C=O) groups is 1. The number of hydrogen-bond donors (Lipinski definition) is 0. The van der Waals surface area contributed by atoms with E-state index in [0.717, 1.165) is 6.07 Å². The van der Waals surface area contributed by atoms with E-state index in [1.54, 1.807) is 0 Å². The highest BCUT2D eigenvalue weighted by molar-refractivity contribution is 6.19. The topological polar surface area (TPSA) is 35.5 Å². The lowest BCUT2D eigenvalue weighted by atomic mass is 10.1. The SMILES string of the molecule is COc1cc(F)c(C(=O)CCCl)cc1OC. The summed E-state index contributed by atoms with van der Waals surface area (Å²) in [5.74, 6) is -0.252. The quantitative estimate of drug-likeness (QED) is 0.592. The second-order valence-electron chi connectivity index (χ2n) is 3.05. The van der Waals surface area contributed by atoms with E-state index in [1.165, 1.54) is 20.3 Å². The molecule has 0 N–H and O–H groups in total. The molecule has 1 aromatic rings. The van der Waals surface area contributed by atoms with Crippen molar-refractivity contribution in [1.29, 1.82) is 0 Å². The highest BCUT2D eigenvalue weighted by Crippen LogP contribution is 2.30. The average molecular weight is 247 g/mol. The lowest BCUT2D eigenvalue weighted by Gasteiger charge is -2.09. The summed E-state index contributed by atoms with van der Waals surface area (Å²) in [7, 11) is 2.82. The molecule has 0 atom stereocenters. The molecule has 0 aromatic heterocycles. The van der Waals surface area contributed by atoms with Crippen LogP contribution in [0.4, 0.5) is 4.39 Å². The molecule has 16 heavy (non-hydrogen) atoms. The minimum atomic E-state index is -0.632. The van der Waals surface area contributed by atoms with Gasteiger partial charge in [0.15, 0.2) is 17.3 Å². The number of benzene rings is 1. The van der Waals surface area contributed by atoms with Gasteiger partial charge in [0.2, 0.25) is 0 Å². The highest BCUT2D eigenvalue weighted by Gasteiger charge is 2.16. The van der Waals surface area contributed by atoms with E-state index in [9.17, 15) is 9.18 Å². The van der Waals surface area contributed by atoms with Crippen LogP contribution in [0.25, 0.3) is 0 Å². The Labute approximate surface area is 98.1 Å². The van der Waals surface area contributed by atoms with E-state index in [4.69, 9.17) is 21.1 Å². The van der Waals surface area contributed by atoms with Gasteiger partial charge in [-0.1, -0.05) is 0 Å². The maximum Gasteiger partial charge on any atom is 0.167 e. The van der Waals surface area contributed by atoms with Gasteiger partial charge in [0.05, 0.1) is 19.8 Å². The maximum atomic E-state index is 13.5. The fourth-order valence-corrected chi connectivity index (χ4v) is 1.46. The summed E-state index contributed by atoms with van der Waals surface area (Å²) >= 11 is 5.43. The highest BCUT2D eigenvalue weighted by atomic mass is 35.5. The Balaban J connectivity index is 3.15. The van der Waals surface area contributed by atoms with E-state index < -0.39 is 5.82 Å². The molecule has 88 valence electrons. The Morgan fingerprint density at radius 1 is 1.31 bits per heavy atom. The standard InChI is InChI=1S/C11H12ClFO3/c1-15-10-5-7(9(14)3-4-12)8(13)6-11(10)16-2/h5-6H,3-4H2,1-2H3. The van der Waals surface area contributed by atoms with Crippen molar-refractivity contribution >= 4 is 17.4 Å². The minimum absolute atomic E-state index is 0.0294. The molecule has 1 rings (SSSR count). The third-order valence-electron chi connectivity index (χ3n) is 2.10. The summed E-state index contributed by atoms with van der Waals surface area (Å²) in [6, 6.07) is 2.45. The van der Waals surface area contributed by atoms with Gasteiger partial charge in [-0.2, -0.15) is 0 Å². The predicted molar refractivity (Wildman–Crippen MR) is 59.2 cm³/mol. The molecular formula is C11H12ClFO3. The Morgan fingerprint density at radius 2 is 1.88 bits per heavy atom. The molecule has 0 aliphatic carbocycles. The number of alkyl halides is 1. The molecule has 0 fully saturated rings. The van der Waals surface area contributed by atoms with Gasteiger partial charge in [-0.15, -0.1) is 11.6 Å². The van der Waals surface area contributed by atoms with Gasteiger partial charge in [-0.25, -0.2) is 4.39 Å². The molecule has 5 heteroatoms. The lowest BCUT2D eigenvalue weighted by Crippen LogP contribution is -2.04. The minimum Gasteiger partial charge on any atom is -0.493 e. The van der Waals surface area contributed by atoms with Crippen LogP contribution < -0.4 is 9.47 Å². The summed E-state index contributed by atoms with van der Waals surface area (Å²) in [6.07, 6.45) is 0.0912. The van der Waals surface area contributed by atoms with Crippen molar-refractivity contribution in [2.75, 3.05) is 20.1 Å². The summed E-state index contributed by atoms with van der Waals surface area (Å²) in [5.41, 5.74) is -0.0294. The second-order valence-corrected chi connectivity index (χ2v) is 3.43. The maximum absolute atomic E-state index is 13.5. The van der Waals surface area contributed by atoms with Crippen LogP contribution >= 0.6 is 11.6 Å². The molecule has 0 radical (unpaired) electrons. The summed E-state index contributed by atoms with van der Waals surface area (Å²) < 4.78 is 23.4. The Kier molecular flexibility index (Phi) is 4.55. The third-order valence-corrected chi connectivity index (χ3v) is 2.28. The van der Waals surface area contributed by atoms with E-state index >= 15 is 0 Å². The Hall–Kier alpha value is -1.29. The van der Waals surface area contributed by atoms with Crippen LogP contribution in [0.1, 0.15) is 16.8 Å². The van der Waals surface area contributed by atoms with Gasteiger partial charge in [0, 0.05) is 18.4 Å². The molecule has 0 aliphatic rings. The number of carbonyl (C=O) groups excluding carboxylic acids is 1. The molecule has 3 nitrogen and oxygen atoms in total. The zero-order valence-corrected chi connectivity index (χ0v) is 9.81. The van der Waals surface area contributed by atoms with Crippen molar-refractivity contribution in [2.45, 2.75) is 6.42 Å². The first-order valence-corrected chi connectivity index (χ1v) is 5.18. The predicted octanol–water partition coefficient (Wildman–Crippen LogP) is 2.65. The van der Waals surface area contributed by atoms with Gasteiger partial charge in [0.25, 0.3) is 0 Å². The van der Waals surface area contributed by atoms with Crippen LogP contribution in [-0.2, 0) is 0 Å². The van der Waals surface area contributed by atoms with Gasteiger partial charge in [0.1, 0.15) is 5.82 Å². The number of hydrogen-bond acceptors (Lipinski definition) is 3. The number of Topliss-reactive ketones (excluding diaryl/α,β-unsaturated/α-hetero) is 1. The first-order valence-electron chi connectivity index (χ1n) is 4.64. The van der Waals surface area contributed by atoms with Crippen LogP contribution in [-0.4, -0.2) is 25.9 Å². The Bertz CT molecular complexity index is 393. The van der Waals surface area contributed by atoms with E-state index in [0.29, 0.717) is 5.75 Å². The fourth-order valence-electron chi connectivity index (χ4n) is 1.29. The first-order chi connectivity index (χ1) is 7.63. The van der Waals surface area contributed by atoms with Gasteiger partial charge in [-0.3, -0.25) is 4.79 Å². The summed E-state index contributed by atoms with van der Waals surface area (Å²) in [6.45, 7) is 0. The molecule has 0 bridgehead atoms. The number of halogens is 2. The lowest BCUT2D eigenvalue weighted by molar-refractivity contribution is 0.0985. The van der Waals surface area contributed by atoms with Gasteiger partial charge in [-0.05, 0) is 6.07 Å². The molecule has 0 saturated heterocycles. The zero-order valence-electron chi connectivity index (χ0n) is 9.05. The van der Waals surface area contributed by atoms with Crippen LogP contribution in [0.5, 0.6) is 11.5 Å². The number of methoxy groups -OCH3 is 2. The molecule has 0 saturated carbocycles. The zero-order chi connectivity index (χ0) is 12.1. The van der Waals surface area contributed by atoms with Crippen LogP contribution in [0, 0.1) is 5.82 Å². The molecular weight excluding hydrogens is 235 g/mol.